The molecule has 18 heavy (non-hydrogen) atoms. The van der Waals surface area contributed by atoms with Crippen LogP contribution in [0.2, 0.25) is 0 Å². The summed E-state index contributed by atoms with van der Waals surface area (Å²) in [6.45, 7) is 6.73. The third kappa shape index (κ3) is 3.10. The first kappa shape index (κ1) is 13.1. The molecule has 2 aromatic rings. The van der Waals surface area contributed by atoms with Crippen molar-refractivity contribution in [2.45, 2.75) is 33.2 Å². The van der Waals surface area contributed by atoms with Crippen LogP contribution in [0.3, 0.4) is 0 Å². The van der Waals surface area contributed by atoms with Gasteiger partial charge in [-0.3, -0.25) is 0 Å². The Kier molecular flexibility index (Phi) is 4.37. The molecule has 1 heterocycles. The molecule has 0 aliphatic carbocycles. The molecule has 1 atom stereocenters. The SMILES string of the molecule is CCC(Nc1ccc(-c2nccs2)cc1)C(C)C. The van der Waals surface area contributed by atoms with Crippen molar-refractivity contribution in [1.82, 2.24) is 4.98 Å². The number of hydrogen-bond acceptors (Lipinski definition) is 3. The van der Waals surface area contributed by atoms with Gasteiger partial charge in [0.1, 0.15) is 5.01 Å². The molecule has 0 aliphatic heterocycles. The number of thiazole rings is 1. The molecule has 0 fully saturated rings. The number of nitrogens with one attached hydrogen (secondary N) is 1. The molecule has 1 N–H and O–H groups in total. The smallest absolute Gasteiger partial charge is 0.123 e. The van der Waals surface area contributed by atoms with E-state index < -0.39 is 0 Å². The van der Waals surface area contributed by atoms with Crippen LogP contribution in [0.5, 0.6) is 0 Å². The number of nitrogens with zero attached hydrogens (tertiary/aromatic N) is 1. The van der Waals surface area contributed by atoms with Gasteiger partial charge < -0.3 is 5.32 Å². The van der Waals surface area contributed by atoms with Crippen molar-refractivity contribution in [2.75, 3.05) is 5.32 Å². The summed E-state index contributed by atoms with van der Waals surface area (Å²) in [6.07, 6.45) is 2.99. The molecule has 96 valence electrons. The lowest BCUT2D eigenvalue weighted by Crippen LogP contribution is -2.24. The van der Waals surface area contributed by atoms with Gasteiger partial charge in [0, 0.05) is 28.9 Å². The lowest BCUT2D eigenvalue weighted by Gasteiger charge is -2.22. The standard InChI is InChI=1S/C15H20N2S/c1-4-14(11(2)3)17-13-7-5-12(6-8-13)15-16-9-10-18-15/h5-11,14,17H,4H2,1-3H3. The quantitative estimate of drug-likeness (QED) is 0.846. The average Bonchev–Trinajstić information content (AvgIpc) is 2.90. The summed E-state index contributed by atoms with van der Waals surface area (Å²) in [5.41, 5.74) is 2.38. The Morgan fingerprint density at radius 1 is 1.22 bits per heavy atom. The van der Waals surface area contributed by atoms with E-state index in [1.54, 1.807) is 11.3 Å². The predicted molar refractivity (Wildman–Crippen MR) is 80.1 cm³/mol. The van der Waals surface area contributed by atoms with Gasteiger partial charge in [0.05, 0.1) is 0 Å². The first-order chi connectivity index (χ1) is 8.70. The molecule has 1 aromatic heterocycles. The number of anilines is 1. The first-order valence-corrected chi connectivity index (χ1v) is 7.35. The zero-order valence-electron chi connectivity index (χ0n) is 11.2. The summed E-state index contributed by atoms with van der Waals surface area (Å²) in [5, 5.41) is 6.67. The number of aromatic nitrogens is 1. The summed E-state index contributed by atoms with van der Waals surface area (Å²) >= 11 is 1.67. The molecule has 0 aliphatic rings. The fraction of sp³-hybridized carbons (Fsp3) is 0.400. The van der Waals surface area contributed by atoms with E-state index in [9.17, 15) is 0 Å². The molecule has 0 spiro atoms. The van der Waals surface area contributed by atoms with Crippen LogP contribution in [-0.4, -0.2) is 11.0 Å². The van der Waals surface area contributed by atoms with Crippen molar-refractivity contribution < 1.29 is 0 Å². The molecule has 0 saturated heterocycles. The fourth-order valence-electron chi connectivity index (χ4n) is 2.03. The maximum Gasteiger partial charge on any atom is 0.123 e. The van der Waals surface area contributed by atoms with Gasteiger partial charge in [-0.2, -0.15) is 0 Å². The van der Waals surface area contributed by atoms with Crippen LogP contribution in [0.4, 0.5) is 5.69 Å². The second-order valence-electron chi connectivity index (χ2n) is 4.82. The predicted octanol–water partition coefficient (Wildman–Crippen LogP) is 4.66. The van der Waals surface area contributed by atoms with Crippen LogP contribution in [-0.2, 0) is 0 Å². The maximum atomic E-state index is 4.32. The fourth-order valence-corrected chi connectivity index (χ4v) is 2.67. The van der Waals surface area contributed by atoms with E-state index in [0.717, 1.165) is 11.4 Å². The lowest BCUT2D eigenvalue weighted by atomic mass is 10.0. The molecule has 2 rings (SSSR count). The minimum absolute atomic E-state index is 0.538. The summed E-state index contributed by atoms with van der Waals surface area (Å²) in [4.78, 5) is 4.32. The molecule has 0 bridgehead atoms. The van der Waals surface area contributed by atoms with Gasteiger partial charge in [-0.1, -0.05) is 20.8 Å². The molecular formula is C15H20N2S. The van der Waals surface area contributed by atoms with E-state index >= 15 is 0 Å². The summed E-state index contributed by atoms with van der Waals surface area (Å²) in [6, 6.07) is 9.09. The maximum absolute atomic E-state index is 4.32. The van der Waals surface area contributed by atoms with Crippen LogP contribution in [0.15, 0.2) is 35.8 Å². The Morgan fingerprint density at radius 2 is 1.94 bits per heavy atom. The molecule has 1 unspecified atom stereocenters. The second-order valence-corrected chi connectivity index (χ2v) is 5.71. The van der Waals surface area contributed by atoms with Crippen LogP contribution in [0.1, 0.15) is 27.2 Å². The van der Waals surface area contributed by atoms with Crippen LogP contribution in [0, 0.1) is 5.92 Å². The molecule has 0 radical (unpaired) electrons. The number of hydrogen-bond donors (Lipinski definition) is 1. The van der Waals surface area contributed by atoms with Gasteiger partial charge in [0.15, 0.2) is 0 Å². The molecule has 3 heteroatoms. The van der Waals surface area contributed by atoms with Crippen LogP contribution < -0.4 is 5.32 Å². The Hall–Kier alpha value is -1.35. The number of rotatable bonds is 5. The lowest BCUT2D eigenvalue weighted by molar-refractivity contribution is 0.511. The Labute approximate surface area is 113 Å². The van der Waals surface area contributed by atoms with E-state index in [1.807, 2.05) is 11.6 Å². The van der Waals surface area contributed by atoms with Gasteiger partial charge in [-0.15, -0.1) is 11.3 Å². The van der Waals surface area contributed by atoms with Crippen molar-refractivity contribution in [3.63, 3.8) is 0 Å². The van der Waals surface area contributed by atoms with Gasteiger partial charge in [-0.25, -0.2) is 4.98 Å². The third-order valence-electron chi connectivity index (χ3n) is 3.16. The summed E-state index contributed by atoms with van der Waals surface area (Å²) in [7, 11) is 0. The Bertz CT molecular complexity index is 460. The van der Waals surface area contributed by atoms with Crippen LogP contribution in [0.25, 0.3) is 10.6 Å². The van der Waals surface area contributed by atoms with Crippen molar-refractivity contribution in [2.24, 2.45) is 5.92 Å². The molecule has 0 saturated carbocycles. The van der Waals surface area contributed by atoms with Crippen molar-refractivity contribution in [3.8, 4) is 10.6 Å². The zero-order valence-corrected chi connectivity index (χ0v) is 12.0. The molecule has 0 amide bonds. The highest BCUT2D eigenvalue weighted by molar-refractivity contribution is 7.13. The van der Waals surface area contributed by atoms with Crippen molar-refractivity contribution >= 4 is 17.0 Å². The van der Waals surface area contributed by atoms with E-state index in [-0.39, 0.29) is 0 Å². The van der Waals surface area contributed by atoms with Crippen molar-refractivity contribution in [3.05, 3.63) is 35.8 Å². The topological polar surface area (TPSA) is 24.9 Å². The summed E-state index contributed by atoms with van der Waals surface area (Å²) < 4.78 is 0. The van der Waals surface area contributed by atoms with E-state index in [0.29, 0.717) is 12.0 Å². The zero-order chi connectivity index (χ0) is 13.0. The average molecular weight is 260 g/mol. The summed E-state index contributed by atoms with van der Waals surface area (Å²) in [5.74, 6) is 0.647. The van der Waals surface area contributed by atoms with Gasteiger partial charge in [0.2, 0.25) is 0 Å². The Balaban J connectivity index is 2.08. The molecule has 1 aromatic carbocycles. The van der Waals surface area contributed by atoms with Gasteiger partial charge >= 0.3 is 0 Å². The van der Waals surface area contributed by atoms with Crippen LogP contribution >= 0.6 is 11.3 Å². The van der Waals surface area contributed by atoms with E-state index in [2.05, 4.69) is 55.3 Å². The minimum atomic E-state index is 0.538. The largest absolute Gasteiger partial charge is 0.382 e. The molecular weight excluding hydrogens is 240 g/mol. The third-order valence-corrected chi connectivity index (χ3v) is 3.98. The van der Waals surface area contributed by atoms with E-state index in [1.165, 1.54) is 11.3 Å². The number of benzene rings is 1. The van der Waals surface area contributed by atoms with E-state index in [4.69, 9.17) is 0 Å². The van der Waals surface area contributed by atoms with Crippen molar-refractivity contribution in [1.29, 1.82) is 0 Å². The van der Waals surface area contributed by atoms with Gasteiger partial charge in [0.25, 0.3) is 0 Å². The van der Waals surface area contributed by atoms with Gasteiger partial charge in [-0.05, 0) is 36.6 Å². The highest BCUT2D eigenvalue weighted by Gasteiger charge is 2.10. The molecule has 2 nitrogen and oxygen atoms in total. The normalized spacial score (nSPS) is 12.7. The first-order valence-electron chi connectivity index (χ1n) is 6.47. The Morgan fingerprint density at radius 3 is 2.44 bits per heavy atom. The highest BCUT2D eigenvalue weighted by Crippen LogP contribution is 2.24. The monoisotopic (exact) mass is 260 g/mol. The highest BCUT2D eigenvalue weighted by atomic mass is 32.1. The second kappa shape index (κ2) is 6.01. The minimum Gasteiger partial charge on any atom is -0.382 e.